The fraction of sp³-hybridized carbons (Fsp3) is 0.500. The van der Waals surface area contributed by atoms with E-state index >= 15 is 0 Å². The van der Waals surface area contributed by atoms with E-state index in [0.29, 0.717) is 0 Å². The molecular formula is C2H4OW. The van der Waals surface area contributed by atoms with E-state index < -0.39 is 0 Å². The van der Waals surface area contributed by atoms with Gasteiger partial charge in [-0.05, 0) is 0 Å². The Morgan fingerprint density at radius 1 is 2.00 bits per heavy atom. The van der Waals surface area contributed by atoms with Crippen LogP contribution in [0.15, 0.2) is 0 Å². The Balaban J connectivity index is 2.30. The normalized spacial score (nSPS) is 6.25. The molecule has 0 radical (unpaired) electrons. The Labute approximate surface area is 36.4 Å². The van der Waals surface area contributed by atoms with Crippen molar-refractivity contribution in [2.75, 3.05) is 7.11 Å². The first kappa shape index (κ1) is 4.52. The van der Waals surface area contributed by atoms with Crippen LogP contribution in [-0.4, -0.2) is 11.7 Å². The van der Waals surface area contributed by atoms with Crippen molar-refractivity contribution in [2.45, 2.75) is 0 Å². The molecule has 1 nitrogen and oxygen atoms in total. The Hall–Kier alpha value is 0.518. The maximum atomic E-state index is 4.45. The van der Waals surface area contributed by atoms with E-state index in [-0.39, 0.29) is 0 Å². The van der Waals surface area contributed by atoms with E-state index in [4.69, 9.17) is 0 Å². The molecule has 0 fully saturated rings. The number of rotatable bonds is 1. The van der Waals surface area contributed by atoms with Gasteiger partial charge in [0.2, 0.25) is 0 Å². The number of methoxy groups -OCH3 is 1. The van der Waals surface area contributed by atoms with Gasteiger partial charge >= 0.3 is 35.8 Å². The van der Waals surface area contributed by atoms with Gasteiger partial charge in [0.25, 0.3) is 0 Å². The third kappa shape index (κ3) is 2.52. The monoisotopic (exact) mass is 228 g/mol. The molecule has 0 aliphatic carbocycles. The molecule has 24 valence electrons. The predicted octanol–water partition coefficient (Wildman–Crippen LogP) is -0.0607. The van der Waals surface area contributed by atoms with Gasteiger partial charge in [0, 0.05) is 0 Å². The zero-order valence-corrected chi connectivity index (χ0v) is 5.33. The van der Waals surface area contributed by atoms with Gasteiger partial charge in [0.15, 0.2) is 0 Å². The molecule has 0 aromatic rings. The molecule has 0 unspecified atom stereocenters. The molecule has 0 aliphatic heterocycles. The van der Waals surface area contributed by atoms with E-state index in [1.54, 1.807) is 11.7 Å². The van der Waals surface area contributed by atoms with Crippen molar-refractivity contribution in [3.8, 4) is 0 Å². The summed E-state index contributed by atoms with van der Waals surface area (Å²) in [5.74, 6) is 0. The van der Waals surface area contributed by atoms with Gasteiger partial charge in [-0.15, -0.1) is 0 Å². The zero-order valence-electron chi connectivity index (χ0n) is 2.39. The summed E-state index contributed by atoms with van der Waals surface area (Å²) >= 11 is 1.36. The van der Waals surface area contributed by atoms with Crippen LogP contribution in [0.25, 0.3) is 0 Å². The summed E-state index contributed by atoms with van der Waals surface area (Å²) in [6.45, 7) is 0. The third-order valence-electron chi connectivity index (χ3n) is 0.0962. The van der Waals surface area contributed by atoms with E-state index in [2.05, 4.69) is 4.74 Å². The maximum absolute atomic E-state index is 4.45. The SMILES string of the molecule is CO[CH]=[W]. The first-order valence-corrected chi connectivity index (χ1v) is 2.57. The van der Waals surface area contributed by atoms with Gasteiger partial charge < -0.3 is 0 Å². The van der Waals surface area contributed by atoms with Gasteiger partial charge in [0.1, 0.15) is 0 Å². The quantitative estimate of drug-likeness (QED) is 0.610. The number of ether oxygens (including phenoxy) is 1. The van der Waals surface area contributed by atoms with Crippen molar-refractivity contribution >= 4 is 4.59 Å². The number of hydrogen-bond acceptors (Lipinski definition) is 1. The van der Waals surface area contributed by atoms with Crippen LogP contribution in [-0.2, 0) is 24.1 Å². The van der Waals surface area contributed by atoms with Crippen LogP contribution in [0.3, 0.4) is 0 Å². The molecule has 0 amide bonds. The second kappa shape index (κ2) is 3.52. The second-order valence-electron chi connectivity index (χ2n) is 0.332. The molecule has 0 heterocycles. The van der Waals surface area contributed by atoms with Gasteiger partial charge in [0.05, 0.1) is 0 Å². The van der Waals surface area contributed by atoms with Crippen molar-refractivity contribution < 1.29 is 24.1 Å². The fourth-order valence-corrected chi connectivity index (χ4v) is 0. The molecule has 0 bridgehead atoms. The summed E-state index contributed by atoms with van der Waals surface area (Å²) < 4.78 is 6.16. The van der Waals surface area contributed by atoms with E-state index in [9.17, 15) is 0 Å². The summed E-state index contributed by atoms with van der Waals surface area (Å²) in [6.07, 6.45) is 0. The molecule has 0 aliphatic rings. The summed E-state index contributed by atoms with van der Waals surface area (Å²) in [4.78, 5) is 0. The van der Waals surface area contributed by atoms with Crippen LogP contribution < -0.4 is 0 Å². The van der Waals surface area contributed by atoms with Crippen molar-refractivity contribution in [2.24, 2.45) is 0 Å². The fourth-order valence-electron chi connectivity index (χ4n) is 0. The van der Waals surface area contributed by atoms with E-state index in [1.165, 1.54) is 19.4 Å². The van der Waals surface area contributed by atoms with Crippen molar-refractivity contribution in [3.63, 3.8) is 0 Å². The molecular weight excluding hydrogens is 224 g/mol. The van der Waals surface area contributed by atoms with Crippen LogP contribution in [0.5, 0.6) is 0 Å². The molecule has 4 heavy (non-hydrogen) atoms. The van der Waals surface area contributed by atoms with Crippen LogP contribution in [0, 0.1) is 0 Å². The second-order valence-corrected chi connectivity index (χ2v) is 1.02. The molecule has 0 aromatic carbocycles. The minimum atomic E-state index is 1.36. The Bertz CT molecular complexity index is 20.0. The Morgan fingerprint density at radius 2 is 2.25 bits per heavy atom. The first-order valence-electron chi connectivity index (χ1n) is 0.880. The zero-order chi connectivity index (χ0) is 3.41. The van der Waals surface area contributed by atoms with Gasteiger partial charge in [-0.2, -0.15) is 0 Å². The molecule has 0 aromatic heterocycles. The van der Waals surface area contributed by atoms with Crippen LogP contribution in [0.2, 0.25) is 0 Å². The van der Waals surface area contributed by atoms with Crippen molar-refractivity contribution in [3.05, 3.63) is 0 Å². The van der Waals surface area contributed by atoms with E-state index in [0.717, 1.165) is 0 Å². The van der Waals surface area contributed by atoms with Crippen LogP contribution >= 0.6 is 0 Å². The van der Waals surface area contributed by atoms with Crippen LogP contribution in [0.1, 0.15) is 0 Å². The predicted molar refractivity (Wildman–Crippen MR) is 13.1 cm³/mol. The Kier molecular flexibility index (Phi) is 3.97. The van der Waals surface area contributed by atoms with Crippen molar-refractivity contribution in [1.29, 1.82) is 0 Å². The van der Waals surface area contributed by atoms with Gasteiger partial charge in [-0.25, -0.2) is 0 Å². The van der Waals surface area contributed by atoms with Gasteiger partial charge in [-0.1, -0.05) is 0 Å². The Morgan fingerprint density at radius 3 is 2.25 bits per heavy atom. The number of hydrogen-bond donors (Lipinski definition) is 0. The van der Waals surface area contributed by atoms with Crippen LogP contribution in [0.4, 0.5) is 0 Å². The molecule has 0 saturated carbocycles. The standard InChI is InChI=1S/C2H4O.W/c1-3-2;/h1H,2H3;. The summed E-state index contributed by atoms with van der Waals surface area (Å²) in [7, 11) is 1.65. The summed E-state index contributed by atoms with van der Waals surface area (Å²) in [6, 6.07) is 0. The third-order valence-corrected chi connectivity index (χ3v) is 0.788. The average molecular weight is 228 g/mol. The molecule has 0 spiro atoms. The van der Waals surface area contributed by atoms with Gasteiger partial charge in [-0.3, -0.25) is 0 Å². The summed E-state index contributed by atoms with van der Waals surface area (Å²) in [5, 5.41) is 0. The molecule has 0 rings (SSSR count). The summed E-state index contributed by atoms with van der Waals surface area (Å²) in [5.41, 5.74) is 0. The molecule has 0 saturated heterocycles. The van der Waals surface area contributed by atoms with Crippen molar-refractivity contribution in [1.82, 2.24) is 0 Å². The average Bonchev–Trinajstić information content (AvgIpc) is 1.37. The van der Waals surface area contributed by atoms with E-state index in [1.807, 2.05) is 0 Å². The topological polar surface area (TPSA) is 9.23 Å². The molecule has 0 N–H and O–H groups in total. The minimum absolute atomic E-state index is 1.36. The first-order chi connectivity index (χ1) is 1.91. The molecule has 0 atom stereocenters. The molecule has 2 heteroatoms.